The first-order chi connectivity index (χ1) is 7.31. The third-order valence-corrected chi connectivity index (χ3v) is 2.40. The van der Waals surface area contributed by atoms with E-state index in [1.54, 1.807) is 7.05 Å². The van der Waals surface area contributed by atoms with Gasteiger partial charge in [0, 0.05) is 20.0 Å². The molecule has 2 rings (SSSR count). The normalized spacial score (nSPS) is 15.0. The summed E-state index contributed by atoms with van der Waals surface area (Å²) < 4.78 is 0. The summed E-state index contributed by atoms with van der Waals surface area (Å²) in [4.78, 5) is 12.1. The maximum atomic E-state index is 10.6. The van der Waals surface area contributed by atoms with Crippen molar-refractivity contribution in [2.45, 2.75) is 6.42 Å². The topological polar surface area (TPSA) is 35.9 Å². The van der Waals surface area contributed by atoms with Crippen molar-refractivity contribution in [3.05, 3.63) is 30.3 Å². The summed E-state index contributed by atoms with van der Waals surface area (Å²) in [5.41, 5.74) is 1.06. The molecule has 0 aromatic heterocycles. The van der Waals surface area contributed by atoms with Crippen LogP contribution in [0.3, 0.4) is 0 Å². The first-order valence-corrected chi connectivity index (χ1v) is 4.89. The van der Waals surface area contributed by atoms with E-state index in [1.165, 1.54) is 4.90 Å². The number of amidine groups is 1. The van der Waals surface area contributed by atoms with Gasteiger partial charge < -0.3 is 4.90 Å². The number of rotatable bonds is 2. The molecule has 4 heteroatoms. The van der Waals surface area contributed by atoms with E-state index in [0.29, 0.717) is 0 Å². The second kappa shape index (κ2) is 4.13. The van der Waals surface area contributed by atoms with Gasteiger partial charge in [0.05, 0.1) is 5.69 Å². The molecule has 1 aliphatic heterocycles. The molecule has 0 atom stereocenters. The maximum Gasteiger partial charge on any atom is 0.214 e. The summed E-state index contributed by atoms with van der Waals surface area (Å²) in [6.07, 6.45) is 1.59. The van der Waals surface area contributed by atoms with E-state index < -0.39 is 0 Å². The maximum absolute atomic E-state index is 10.6. The van der Waals surface area contributed by atoms with Crippen molar-refractivity contribution in [1.29, 1.82) is 0 Å². The molecule has 0 saturated heterocycles. The molecular formula is C11H13N3O. The van der Waals surface area contributed by atoms with Crippen LogP contribution in [0.15, 0.2) is 35.4 Å². The lowest BCUT2D eigenvalue weighted by atomic mass is 10.3. The predicted octanol–water partition coefficient (Wildman–Crippen LogP) is 1.30. The van der Waals surface area contributed by atoms with Gasteiger partial charge in [-0.05, 0) is 12.1 Å². The third-order valence-electron chi connectivity index (χ3n) is 2.40. The van der Waals surface area contributed by atoms with E-state index in [4.69, 9.17) is 0 Å². The van der Waals surface area contributed by atoms with E-state index in [1.807, 2.05) is 35.3 Å². The zero-order chi connectivity index (χ0) is 10.7. The molecule has 0 N–H and O–H groups in total. The van der Waals surface area contributed by atoms with Crippen molar-refractivity contribution in [1.82, 2.24) is 4.90 Å². The quantitative estimate of drug-likeness (QED) is 0.679. The van der Waals surface area contributed by atoms with Gasteiger partial charge in [-0.2, -0.15) is 5.10 Å². The van der Waals surface area contributed by atoms with Crippen LogP contribution in [0, 0.1) is 0 Å². The number of hydrazone groups is 1. The Morgan fingerprint density at radius 3 is 2.80 bits per heavy atom. The average molecular weight is 203 g/mol. The minimum atomic E-state index is 0.785. The lowest BCUT2D eigenvalue weighted by Gasteiger charge is -2.12. The van der Waals surface area contributed by atoms with Crippen molar-refractivity contribution in [2.75, 3.05) is 18.6 Å². The molecule has 0 unspecified atom stereocenters. The van der Waals surface area contributed by atoms with Gasteiger partial charge in [0.25, 0.3) is 0 Å². The van der Waals surface area contributed by atoms with E-state index in [2.05, 4.69) is 5.10 Å². The molecule has 0 saturated carbocycles. The fourth-order valence-electron chi connectivity index (χ4n) is 1.54. The molecule has 1 aliphatic rings. The average Bonchev–Trinajstić information content (AvgIpc) is 2.78. The van der Waals surface area contributed by atoms with Crippen LogP contribution >= 0.6 is 0 Å². The summed E-state index contributed by atoms with van der Waals surface area (Å²) in [6, 6.07) is 9.95. The van der Waals surface area contributed by atoms with Gasteiger partial charge in [-0.1, -0.05) is 18.2 Å². The molecule has 0 radical (unpaired) electrons. The summed E-state index contributed by atoms with van der Waals surface area (Å²) in [6.45, 7) is 0.831. The van der Waals surface area contributed by atoms with Crippen LogP contribution in [0.1, 0.15) is 6.42 Å². The zero-order valence-electron chi connectivity index (χ0n) is 8.63. The Morgan fingerprint density at radius 2 is 2.13 bits per heavy atom. The smallest absolute Gasteiger partial charge is 0.214 e. The number of carbonyl (C=O) groups is 1. The number of amides is 1. The monoisotopic (exact) mass is 203 g/mol. The van der Waals surface area contributed by atoms with Crippen molar-refractivity contribution in [3.63, 3.8) is 0 Å². The minimum absolute atomic E-state index is 0.785. The summed E-state index contributed by atoms with van der Waals surface area (Å²) in [5.74, 6) is 0.814. The highest BCUT2D eigenvalue weighted by Gasteiger charge is 2.17. The Balaban J connectivity index is 2.15. The van der Waals surface area contributed by atoms with Crippen LogP contribution in [-0.2, 0) is 4.79 Å². The van der Waals surface area contributed by atoms with Gasteiger partial charge in [-0.25, -0.2) is 0 Å². The number of benzene rings is 1. The number of para-hydroxylation sites is 1. The van der Waals surface area contributed by atoms with Crippen molar-refractivity contribution < 1.29 is 4.79 Å². The molecule has 78 valence electrons. The van der Waals surface area contributed by atoms with Crippen LogP contribution in [0.25, 0.3) is 0 Å². The molecule has 1 heterocycles. The Morgan fingerprint density at radius 1 is 1.40 bits per heavy atom. The molecule has 1 amide bonds. The molecular weight excluding hydrogens is 190 g/mol. The second-order valence-corrected chi connectivity index (χ2v) is 3.44. The van der Waals surface area contributed by atoms with Crippen LogP contribution in [-0.4, -0.2) is 30.7 Å². The fraction of sp³-hybridized carbons (Fsp3) is 0.273. The molecule has 4 nitrogen and oxygen atoms in total. The number of nitrogens with zero attached hydrogens (tertiary/aromatic N) is 3. The number of hydrogen-bond acceptors (Lipinski definition) is 3. The number of anilines is 1. The van der Waals surface area contributed by atoms with Gasteiger partial charge in [0.2, 0.25) is 6.41 Å². The molecule has 1 aromatic carbocycles. The molecule has 0 fully saturated rings. The second-order valence-electron chi connectivity index (χ2n) is 3.44. The summed E-state index contributed by atoms with van der Waals surface area (Å²) >= 11 is 0. The standard InChI is InChI=1S/C11H13N3O/c1-13(9-15)11-7-8-14(12-11)10-5-3-2-4-6-10/h2-6,9H,7-8H2,1H3. The number of carbonyl (C=O) groups excluding carboxylic acids is 1. The predicted molar refractivity (Wildman–Crippen MR) is 59.7 cm³/mol. The highest BCUT2D eigenvalue weighted by atomic mass is 16.1. The molecule has 0 aliphatic carbocycles. The van der Waals surface area contributed by atoms with Crippen LogP contribution in [0.5, 0.6) is 0 Å². The Bertz CT molecular complexity index is 375. The zero-order valence-corrected chi connectivity index (χ0v) is 8.63. The molecule has 1 aromatic rings. The lowest BCUT2D eigenvalue weighted by molar-refractivity contribution is -0.114. The number of hydrogen-bond donors (Lipinski definition) is 0. The van der Waals surface area contributed by atoms with Crippen molar-refractivity contribution in [2.24, 2.45) is 5.10 Å². The third kappa shape index (κ3) is 1.98. The van der Waals surface area contributed by atoms with E-state index >= 15 is 0 Å². The highest BCUT2D eigenvalue weighted by molar-refractivity contribution is 5.92. The first kappa shape index (κ1) is 9.71. The molecule has 15 heavy (non-hydrogen) atoms. The van der Waals surface area contributed by atoms with Crippen molar-refractivity contribution >= 4 is 17.9 Å². The van der Waals surface area contributed by atoms with Crippen molar-refractivity contribution in [3.8, 4) is 0 Å². The fourth-order valence-corrected chi connectivity index (χ4v) is 1.54. The minimum Gasteiger partial charge on any atom is -0.305 e. The van der Waals surface area contributed by atoms with E-state index in [-0.39, 0.29) is 0 Å². The summed E-state index contributed by atoms with van der Waals surface area (Å²) in [7, 11) is 1.72. The van der Waals surface area contributed by atoms with Gasteiger partial charge in [-0.3, -0.25) is 9.80 Å². The van der Waals surface area contributed by atoms with E-state index in [9.17, 15) is 4.79 Å². The molecule has 0 bridgehead atoms. The van der Waals surface area contributed by atoms with Crippen LogP contribution < -0.4 is 5.01 Å². The van der Waals surface area contributed by atoms with Crippen LogP contribution in [0.4, 0.5) is 5.69 Å². The Kier molecular flexibility index (Phi) is 2.67. The Hall–Kier alpha value is -1.84. The lowest BCUT2D eigenvalue weighted by Crippen LogP contribution is -2.23. The SMILES string of the molecule is CN(C=O)C1=NN(c2ccccc2)CC1. The van der Waals surface area contributed by atoms with Crippen LogP contribution in [0.2, 0.25) is 0 Å². The van der Waals surface area contributed by atoms with Gasteiger partial charge in [0.15, 0.2) is 0 Å². The largest absolute Gasteiger partial charge is 0.305 e. The first-order valence-electron chi connectivity index (χ1n) is 4.89. The summed E-state index contributed by atoms with van der Waals surface area (Å²) in [5, 5.41) is 6.29. The molecule has 0 spiro atoms. The highest BCUT2D eigenvalue weighted by Crippen LogP contribution is 2.18. The van der Waals surface area contributed by atoms with Gasteiger partial charge in [-0.15, -0.1) is 0 Å². The van der Waals surface area contributed by atoms with E-state index in [0.717, 1.165) is 30.9 Å². The Labute approximate surface area is 88.8 Å². The van der Waals surface area contributed by atoms with Gasteiger partial charge >= 0.3 is 0 Å². The van der Waals surface area contributed by atoms with Gasteiger partial charge in [0.1, 0.15) is 5.84 Å².